The molecule has 0 radical (unpaired) electrons. The van der Waals surface area contributed by atoms with Crippen molar-refractivity contribution in [1.29, 1.82) is 0 Å². The molecule has 0 aromatic carbocycles. The van der Waals surface area contributed by atoms with Crippen LogP contribution in [0.25, 0.3) is 0 Å². The van der Waals surface area contributed by atoms with Gasteiger partial charge >= 0.3 is 57.5 Å². The Bertz CT molecular complexity index is 128. The van der Waals surface area contributed by atoms with E-state index in [1.54, 1.807) is 0 Å². The van der Waals surface area contributed by atoms with Gasteiger partial charge in [0.25, 0.3) is 0 Å². The van der Waals surface area contributed by atoms with Crippen LogP contribution in [0.2, 0.25) is 0 Å². The first-order valence-corrected chi connectivity index (χ1v) is 4.78. The summed E-state index contributed by atoms with van der Waals surface area (Å²) in [5.74, 6) is -2.05. The third-order valence-corrected chi connectivity index (χ3v) is 2.16. The van der Waals surface area contributed by atoms with Crippen LogP contribution in [0.15, 0.2) is 0 Å². The maximum absolute atomic E-state index is 10.1. The second-order valence-electron chi connectivity index (χ2n) is 2.22. The van der Waals surface area contributed by atoms with Gasteiger partial charge in [0.2, 0.25) is 0 Å². The van der Waals surface area contributed by atoms with Gasteiger partial charge in [-0.05, 0) is 0 Å². The van der Waals surface area contributed by atoms with Crippen LogP contribution < -0.4 is 0 Å². The standard InChI is InChI=1S/C4H11O5P/c1-3(4(5)6)2-10(7,8)9/h3,7-10H,2H2,1H3,(H,5,6). The summed E-state index contributed by atoms with van der Waals surface area (Å²) in [7, 11) is -4.16. The second kappa shape index (κ2) is 3.25. The molecule has 0 spiro atoms. The number of aliphatic carboxylic acids is 1. The molecule has 0 rings (SSSR count). The Morgan fingerprint density at radius 2 is 1.90 bits per heavy atom. The van der Waals surface area contributed by atoms with Gasteiger partial charge in [0.05, 0.1) is 0 Å². The van der Waals surface area contributed by atoms with E-state index in [2.05, 4.69) is 0 Å². The third-order valence-electron chi connectivity index (χ3n) is 1.00. The number of carboxylic acid groups (broad SMARTS) is 1. The van der Waals surface area contributed by atoms with Crippen molar-refractivity contribution in [2.45, 2.75) is 6.92 Å². The molecule has 1 atom stereocenters. The van der Waals surface area contributed by atoms with E-state index in [0.29, 0.717) is 0 Å². The van der Waals surface area contributed by atoms with Crippen LogP contribution in [0.5, 0.6) is 0 Å². The van der Waals surface area contributed by atoms with E-state index in [4.69, 9.17) is 19.8 Å². The van der Waals surface area contributed by atoms with Crippen molar-refractivity contribution in [2.75, 3.05) is 6.16 Å². The summed E-state index contributed by atoms with van der Waals surface area (Å²) < 4.78 is 0. The zero-order valence-electron chi connectivity index (χ0n) is 5.48. The molecule has 0 fully saturated rings. The van der Waals surface area contributed by atoms with Crippen molar-refractivity contribution in [2.24, 2.45) is 5.92 Å². The number of hydrogen-bond acceptors (Lipinski definition) is 4. The van der Waals surface area contributed by atoms with E-state index in [1.165, 1.54) is 6.92 Å². The van der Waals surface area contributed by atoms with E-state index in [-0.39, 0.29) is 0 Å². The Morgan fingerprint density at radius 3 is 2.00 bits per heavy atom. The van der Waals surface area contributed by atoms with Gasteiger partial charge in [-0.15, -0.1) is 0 Å². The molecule has 1 unspecified atom stereocenters. The fraction of sp³-hybridized carbons (Fsp3) is 0.750. The van der Waals surface area contributed by atoms with Gasteiger partial charge in [0.1, 0.15) is 0 Å². The van der Waals surface area contributed by atoms with Crippen LogP contribution in [0, 0.1) is 5.92 Å². The fourth-order valence-corrected chi connectivity index (χ4v) is 1.49. The molecule has 0 saturated heterocycles. The normalized spacial score (nSPS) is 16.4. The molecule has 0 aliphatic carbocycles. The van der Waals surface area contributed by atoms with E-state index in [9.17, 15) is 4.79 Å². The van der Waals surface area contributed by atoms with Crippen molar-refractivity contribution in [1.82, 2.24) is 0 Å². The molecule has 4 N–H and O–H groups in total. The molecule has 0 saturated carbocycles. The fourth-order valence-electron chi connectivity index (χ4n) is 0.498. The average molecular weight is 170 g/mol. The number of carboxylic acids is 1. The number of carbonyl (C=O) groups is 1. The third kappa shape index (κ3) is 4.64. The zero-order chi connectivity index (χ0) is 8.36. The van der Waals surface area contributed by atoms with Gasteiger partial charge in [-0.3, -0.25) is 0 Å². The van der Waals surface area contributed by atoms with Crippen molar-refractivity contribution in [3.8, 4) is 0 Å². The quantitative estimate of drug-likeness (QED) is 0.415. The molecule has 0 amide bonds. The van der Waals surface area contributed by atoms with E-state index < -0.39 is 26.0 Å². The van der Waals surface area contributed by atoms with Crippen LogP contribution in [0.1, 0.15) is 6.92 Å². The van der Waals surface area contributed by atoms with Gasteiger partial charge in [-0.1, -0.05) is 0 Å². The van der Waals surface area contributed by atoms with Gasteiger partial charge < -0.3 is 0 Å². The monoisotopic (exact) mass is 170 g/mol. The Kier molecular flexibility index (Phi) is 3.18. The first kappa shape index (κ1) is 9.78. The first-order chi connectivity index (χ1) is 4.33. The predicted molar refractivity (Wildman–Crippen MR) is 36.6 cm³/mol. The Labute approximate surface area is 58.5 Å². The van der Waals surface area contributed by atoms with Crippen LogP contribution in [-0.4, -0.2) is 31.9 Å². The summed E-state index contributed by atoms with van der Waals surface area (Å²) in [4.78, 5) is 35.3. The van der Waals surface area contributed by atoms with Gasteiger partial charge in [0, 0.05) is 0 Å². The molecule has 0 bridgehead atoms. The molecule has 10 heavy (non-hydrogen) atoms. The van der Waals surface area contributed by atoms with Crippen molar-refractivity contribution in [3.63, 3.8) is 0 Å². The van der Waals surface area contributed by atoms with Gasteiger partial charge in [-0.2, -0.15) is 0 Å². The molecule has 0 aromatic heterocycles. The van der Waals surface area contributed by atoms with Crippen molar-refractivity contribution < 1.29 is 24.6 Å². The second-order valence-corrected chi connectivity index (χ2v) is 4.17. The van der Waals surface area contributed by atoms with E-state index in [0.717, 1.165) is 0 Å². The molecule has 0 aliphatic heterocycles. The van der Waals surface area contributed by atoms with Crippen molar-refractivity contribution >= 4 is 13.9 Å². The Balaban J connectivity index is 3.80. The minimum absolute atomic E-state index is 0.456. The van der Waals surface area contributed by atoms with Gasteiger partial charge in [-0.25, -0.2) is 0 Å². The Morgan fingerprint density at radius 1 is 1.50 bits per heavy atom. The maximum atomic E-state index is 10.1. The molecule has 62 valence electrons. The topological polar surface area (TPSA) is 98.0 Å². The van der Waals surface area contributed by atoms with Gasteiger partial charge in [0.15, 0.2) is 0 Å². The van der Waals surface area contributed by atoms with Crippen LogP contribution in [0.3, 0.4) is 0 Å². The average Bonchev–Trinajstić information content (AvgIpc) is 1.60. The van der Waals surface area contributed by atoms with E-state index >= 15 is 0 Å². The summed E-state index contributed by atoms with van der Waals surface area (Å²) >= 11 is 0. The molecule has 0 aliphatic rings. The van der Waals surface area contributed by atoms with Crippen LogP contribution >= 0.6 is 7.94 Å². The number of rotatable bonds is 3. The zero-order valence-corrected chi connectivity index (χ0v) is 6.48. The summed E-state index contributed by atoms with van der Waals surface area (Å²) in [6.45, 7) is 1.30. The molecular weight excluding hydrogens is 159 g/mol. The summed E-state index contributed by atoms with van der Waals surface area (Å²) in [6.07, 6.45) is -0.456. The summed E-state index contributed by atoms with van der Waals surface area (Å²) in [6, 6.07) is 0. The van der Waals surface area contributed by atoms with E-state index in [1.807, 2.05) is 0 Å². The summed E-state index contributed by atoms with van der Waals surface area (Å²) in [5.41, 5.74) is 0. The molecule has 6 heteroatoms. The first-order valence-electron chi connectivity index (χ1n) is 2.73. The molecule has 0 heterocycles. The van der Waals surface area contributed by atoms with Crippen LogP contribution in [0.4, 0.5) is 0 Å². The Hall–Kier alpha value is -0.220. The minimum atomic E-state index is -4.16. The SMILES string of the molecule is CC(C[PH](O)(O)O)C(=O)O. The van der Waals surface area contributed by atoms with Crippen molar-refractivity contribution in [3.05, 3.63) is 0 Å². The summed E-state index contributed by atoms with van der Waals surface area (Å²) in [5, 5.41) is 8.23. The molecule has 5 nitrogen and oxygen atoms in total. The molecule has 0 aromatic rings. The van der Waals surface area contributed by atoms with Crippen LogP contribution in [-0.2, 0) is 4.79 Å². The molecular formula is C4H11O5P. The number of hydrogen-bond donors (Lipinski definition) is 4. The predicted octanol–water partition coefficient (Wildman–Crippen LogP) is -0.821.